The highest BCUT2D eigenvalue weighted by atomic mass is 14.9. The summed E-state index contributed by atoms with van der Waals surface area (Å²) in [5, 5.41) is 7.04. The molecule has 0 amide bonds. The summed E-state index contributed by atoms with van der Waals surface area (Å²) < 4.78 is 0. The lowest BCUT2D eigenvalue weighted by molar-refractivity contribution is 0.500. The van der Waals surface area contributed by atoms with Crippen LogP contribution in [0.2, 0.25) is 0 Å². The van der Waals surface area contributed by atoms with Gasteiger partial charge in [-0.15, -0.1) is 0 Å². The van der Waals surface area contributed by atoms with Crippen molar-refractivity contribution in [1.29, 1.82) is 0 Å². The Balaban J connectivity index is 1.79. The number of benzene rings is 1. The van der Waals surface area contributed by atoms with Gasteiger partial charge in [0.2, 0.25) is 0 Å². The topological polar surface area (TPSA) is 24.1 Å². The lowest BCUT2D eigenvalue weighted by Crippen LogP contribution is -2.19. The predicted molar refractivity (Wildman–Crippen MR) is 82.6 cm³/mol. The first-order valence-electron chi connectivity index (χ1n) is 7.67. The van der Waals surface area contributed by atoms with E-state index in [2.05, 4.69) is 49.6 Å². The molecule has 2 nitrogen and oxygen atoms in total. The van der Waals surface area contributed by atoms with E-state index in [0.29, 0.717) is 5.92 Å². The average Bonchev–Trinajstić information content (AvgIpc) is 2.89. The van der Waals surface area contributed by atoms with E-state index in [0.717, 1.165) is 19.0 Å². The van der Waals surface area contributed by atoms with Gasteiger partial charge >= 0.3 is 0 Å². The van der Waals surface area contributed by atoms with Gasteiger partial charge in [0.05, 0.1) is 0 Å². The molecule has 1 saturated heterocycles. The van der Waals surface area contributed by atoms with Crippen LogP contribution in [0.3, 0.4) is 0 Å². The minimum absolute atomic E-state index is 0.615. The fourth-order valence-electron chi connectivity index (χ4n) is 2.73. The van der Waals surface area contributed by atoms with E-state index in [1.807, 2.05) is 0 Å². The van der Waals surface area contributed by atoms with Crippen LogP contribution in [-0.4, -0.2) is 19.6 Å². The van der Waals surface area contributed by atoms with Gasteiger partial charge in [-0.1, -0.05) is 32.0 Å². The van der Waals surface area contributed by atoms with Crippen molar-refractivity contribution in [2.24, 2.45) is 5.92 Å². The quantitative estimate of drug-likeness (QED) is 0.768. The van der Waals surface area contributed by atoms with Gasteiger partial charge in [0.1, 0.15) is 0 Å². The Bertz CT molecular complexity index is 392. The van der Waals surface area contributed by atoms with Crippen molar-refractivity contribution < 1.29 is 0 Å². The lowest BCUT2D eigenvalue weighted by Gasteiger charge is -2.13. The number of aryl methyl sites for hydroxylation is 1. The third kappa shape index (κ3) is 4.32. The fourth-order valence-corrected chi connectivity index (χ4v) is 2.73. The maximum absolute atomic E-state index is 3.61. The highest BCUT2D eigenvalue weighted by molar-refractivity contribution is 5.32. The van der Waals surface area contributed by atoms with Crippen molar-refractivity contribution in [3.05, 3.63) is 34.9 Å². The van der Waals surface area contributed by atoms with Crippen molar-refractivity contribution in [2.45, 2.75) is 46.1 Å². The Hall–Kier alpha value is -0.860. The molecule has 106 valence electrons. The monoisotopic (exact) mass is 260 g/mol. The molecule has 0 bridgehead atoms. The molecule has 2 heteroatoms. The summed E-state index contributed by atoms with van der Waals surface area (Å²) in [6, 6.07) is 6.88. The summed E-state index contributed by atoms with van der Waals surface area (Å²) in [5.74, 6) is 1.50. The first kappa shape index (κ1) is 14.5. The molecular weight excluding hydrogens is 232 g/mol. The van der Waals surface area contributed by atoms with Gasteiger partial charge in [-0.3, -0.25) is 0 Å². The normalized spacial score (nSPS) is 19.3. The van der Waals surface area contributed by atoms with Crippen LogP contribution in [0.1, 0.15) is 49.3 Å². The maximum atomic E-state index is 3.61. The maximum Gasteiger partial charge on any atom is 0.0208 e. The summed E-state index contributed by atoms with van der Waals surface area (Å²) in [6.45, 7) is 11.3. The van der Waals surface area contributed by atoms with E-state index < -0.39 is 0 Å². The molecular formula is C17H28N2. The van der Waals surface area contributed by atoms with Crippen molar-refractivity contribution in [1.82, 2.24) is 10.6 Å². The zero-order valence-electron chi connectivity index (χ0n) is 12.6. The molecule has 0 spiro atoms. The molecule has 1 aliphatic rings. The van der Waals surface area contributed by atoms with Crippen molar-refractivity contribution in [2.75, 3.05) is 19.6 Å². The molecule has 1 fully saturated rings. The van der Waals surface area contributed by atoms with Crippen LogP contribution < -0.4 is 10.6 Å². The van der Waals surface area contributed by atoms with E-state index in [9.17, 15) is 0 Å². The molecule has 1 unspecified atom stereocenters. The lowest BCUT2D eigenvalue weighted by atomic mass is 9.98. The summed E-state index contributed by atoms with van der Waals surface area (Å²) in [5.41, 5.74) is 4.30. The van der Waals surface area contributed by atoms with Crippen LogP contribution in [0.25, 0.3) is 0 Å². The zero-order chi connectivity index (χ0) is 13.7. The van der Waals surface area contributed by atoms with Crippen LogP contribution in [-0.2, 0) is 6.54 Å². The predicted octanol–water partition coefficient (Wildman–Crippen LogP) is 3.21. The fraction of sp³-hybridized carbons (Fsp3) is 0.647. The van der Waals surface area contributed by atoms with Crippen LogP contribution in [0.15, 0.2) is 18.2 Å². The second kappa shape index (κ2) is 7.06. The van der Waals surface area contributed by atoms with E-state index >= 15 is 0 Å². The third-order valence-electron chi connectivity index (χ3n) is 4.25. The SMILES string of the molecule is Cc1ccc(C(C)C)cc1CNCCC1CCNC1. The van der Waals surface area contributed by atoms with Gasteiger partial charge in [-0.25, -0.2) is 0 Å². The molecule has 1 heterocycles. The Morgan fingerprint density at radius 1 is 1.37 bits per heavy atom. The standard InChI is InChI=1S/C17H28N2/c1-13(2)16-5-4-14(3)17(10-16)12-19-9-7-15-6-8-18-11-15/h4-5,10,13,15,18-19H,6-9,11-12H2,1-3H3. The molecule has 2 N–H and O–H groups in total. The molecule has 1 aliphatic heterocycles. The highest BCUT2D eigenvalue weighted by Crippen LogP contribution is 2.18. The Morgan fingerprint density at radius 3 is 2.89 bits per heavy atom. The van der Waals surface area contributed by atoms with E-state index in [-0.39, 0.29) is 0 Å². The number of hydrogen-bond acceptors (Lipinski definition) is 2. The Labute approximate surface area is 118 Å². The second-order valence-corrected chi connectivity index (χ2v) is 6.16. The van der Waals surface area contributed by atoms with Gasteiger partial charge in [0.25, 0.3) is 0 Å². The van der Waals surface area contributed by atoms with E-state index in [1.54, 1.807) is 0 Å². The molecule has 0 radical (unpaired) electrons. The van der Waals surface area contributed by atoms with Gasteiger partial charge in [-0.2, -0.15) is 0 Å². The number of hydrogen-bond donors (Lipinski definition) is 2. The van der Waals surface area contributed by atoms with Gasteiger partial charge in [0, 0.05) is 6.54 Å². The first-order chi connectivity index (χ1) is 9.16. The average molecular weight is 260 g/mol. The van der Waals surface area contributed by atoms with Crippen LogP contribution in [0.4, 0.5) is 0 Å². The largest absolute Gasteiger partial charge is 0.316 e. The smallest absolute Gasteiger partial charge is 0.0208 e. The second-order valence-electron chi connectivity index (χ2n) is 6.16. The number of nitrogens with one attached hydrogen (secondary N) is 2. The summed E-state index contributed by atoms with van der Waals surface area (Å²) in [7, 11) is 0. The highest BCUT2D eigenvalue weighted by Gasteiger charge is 2.13. The van der Waals surface area contributed by atoms with Crippen molar-refractivity contribution >= 4 is 0 Å². The van der Waals surface area contributed by atoms with Crippen LogP contribution in [0, 0.1) is 12.8 Å². The molecule has 1 aromatic rings. The molecule has 1 atom stereocenters. The van der Waals surface area contributed by atoms with Crippen LogP contribution >= 0.6 is 0 Å². The first-order valence-corrected chi connectivity index (χ1v) is 7.67. The summed E-state index contributed by atoms with van der Waals surface area (Å²) in [6.07, 6.45) is 2.65. The summed E-state index contributed by atoms with van der Waals surface area (Å²) in [4.78, 5) is 0. The molecule has 0 aromatic heterocycles. The molecule has 19 heavy (non-hydrogen) atoms. The van der Waals surface area contributed by atoms with Crippen molar-refractivity contribution in [3.63, 3.8) is 0 Å². The van der Waals surface area contributed by atoms with Gasteiger partial charge < -0.3 is 10.6 Å². The Kier molecular flexibility index (Phi) is 5.41. The minimum atomic E-state index is 0.615. The zero-order valence-corrected chi connectivity index (χ0v) is 12.6. The molecule has 0 saturated carbocycles. The van der Waals surface area contributed by atoms with E-state index in [4.69, 9.17) is 0 Å². The molecule has 1 aromatic carbocycles. The molecule has 0 aliphatic carbocycles. The van der Waals surface area contributed by atoms with Crippen molar-refractivity contribution in [3.8, 4) is 0 Å². The summed E-state index contributed by atoms with van der Waals surface area (Å²) >= 11 is 0. The molecule has 2 rings (SSSR count). The third-order valence-corrected chi connectivity index (χ3v) is 4.25. The van der Waals surface area contributed by atoms with Gasteiger partial charge in [0.15, 0.2) is 0 Å². The Morgan fingerprint density at radius 2 is 2.21 bits per heavy atom. The number of rotatable bonds is 6. The van der Waals surface area contributed by atoms with E-state index in [1.165, 1.54) is 42.6 Å². The minimum Gasteiger partial charge on any atom is -0.316 e. The van der Waals surface area contributed by atoms with Gasteiger partial charge in [-0.05, 0) is 67.9 Å². The van der Waals surface area contributed by atoms with Crippen LogP contribution in [0.5, 0.6) is 0 Å².